The number of ether oxygens (including phenoxy) is 1. The molecular weight excluding hydrogens is 336 g/mol. The van der Waals surface area contributed by atoms with Crippen molar-refractivity contribution in [2.24, 2.45) is 5.92 Å². The van der Waals surface area contributed by atoms with Crippen molar-refractivity contribution in [2.45, 2.75) is 39.3 Å². The Morgan fingerprint density at radius 3 is 2.70 bits per heavy atom. The third kappa shape index (κ3) is 5.57. The maximum Gasteiger partial charge on any atom is 0.251 e. The van der Waals surface area contributed by atoms with Gasteiger partial charge in [0, 0.05) is 30.3 Å². The third-order valence-electron chi connectivity index (χ3n) is 5.27. The summed E-state index contributed by atoms with van der Waals surface area (Å²) >= 11 is 0. The van der Waals surface area contributed by atoms with E-state index in [1.54, 1.807) is 0 Å². The van der Waals surface area contributed by atoms with Crippen LogP contribution in [0.25, 0.3) is 0 Å². The zero-order valence-electron chi connectivity index (χ0n) is 16.4. The van der Waals surface area contributed by atoms with E-state index in [9.17, 15) is 4.79 Å². The fourth-order valence-corrected chi connectivity index (χ4v) is 3.64. The minimum atomic E-state index is -0.0285. The summed E-state index contributed by atoms with van der Waals surface area (Å²) in [6, 6.07) is 17.7. The quantitative estimate of drug-likeness (QED) is 0.802. The van der Waals surface area contributed by atoms with Crippen molar-refractivity contribution < 1.29 is 9.53 Å². The fraction of sp³-hybridized carbons (Fsp3) is 0.435. The van der Waals surface area contributed by atoms with E-state index in [1.807, 2.05) is 54.6 Å². The van der Waals surface area contributed by atoms with Gasteiger partial charge in [-0.05, 0) is 50.4 Å². The Morgan fingerprint density at radius 2 is 1.93 bits per heavy atom. The number of carbonyl (C=O) groups excluding carboxylic acids is 1. The molecule has 1 fully saturated rings. The number of piperidine rings is 1. The number of benzene rings is 2. The van der Waals surface area contributed by atoms with Gasteiger partial charge in [0.2, 0.25) is 0 Å². The monoisotopic (exact) mass is 366 g/mol. The van der Waals surface area contributed by atoms with Crippen LogP contribution >= 0.6 is 0 Å². The first-order valence-electron chi connectivity index (χ1n) is 9.91. The molecule has 0 aliphatic carbocycles. The highest BCUT2D eigenvalue weighted by Gasteiger charge is 2.21. The van der Waals surface area contributed by atoms with Gasteiger partial charge in [0.1, 0.15) is 12.4 Å². The van der Waals surface area contributed by atoms with Crippen molar-refractivity contribution >= 4 is 5.91 Å². The molecule has 144 valence electrons. The largest absolute Gasteiger partial charge is 0.489 e. The van der Waals surface area contributed by atoms with E-state index in [1.165, 1.54) is 12.8 Å². The lowest BCUT2D eigenvalue weighted by atomic mass is 9.99. The summed E-state index contributed by atoms with van der Waals surface area (Å²) in [6.07, 6.45) is 2.56. The van der Waals surface area contributed by atoms with Crippen LogP contribution in [-0.4, -0.2) is 36.5 Å². The van der Waals surface area contributed by atoms with Gasteiger partial charge in [0.05, 0.1) is 0 Å². The molecule has 3 rings (SSSR count). The average molecular weight is 367 g/mol. The molecule has 2 aromatic carbocycles. The van der Waals surface area contributed by atoms with Crippen LogP contribution in [0, 0.1) is 5.92 Å². The SMILES string of the molecule is CC1CCCN(C(C)CNC(=O)c2ccccc2COc2ccccc2)C1. The Morgan fingerprint density at radius 1 is 1.19 bits per heavy atom. The predicted molar refractivity (Wildman–Crippen MR) is 109 cm³/mol. The smallest absolute Gasteiger partial charge is 0.251 e. The number of likely N-dealkylation sites (tertiary alicyclic amines) is 1. The molecule has 2 unspecified atom stereocenters. The molecule has 0 radical (unpaired) electrons. The van der Waals surface area contributed by atoms with E-state index in [2.05, 4.69) is 24.1 Å². The number of carbonyl (C=O) groups is 1. The molecule has 1 aliphatic rings. The van der Waals surface area contributed by atoms with Gasteiger partial charge in [-0.1, -0.05) is 43.3 Å². The molecule has 1 heterocycles. The van der Waals surface area contributed by atoms with Crippen LogP contribution in [0.4, 0.5) is 0 Å². The van der Waals surface area contributed by atoms with E-state index in [4.69, 9.17) is 4.74 Å². The molecule has 0 aromatic heterocycles. The van der Waals surface area contributed by atoms with Gasteiger partial charge in [0.15, 0.2) is 0 Å². The average Bonchev–Trinajstić information content (AvgIpc) is 2.71. The molecule has 1 amide bonds. The molecule has 0 bridgehead atoms. The van der Waals surface area contributed by atoms with Crippen LogP contribution in [0.5, 0.6) is 5.75 Å². The van der Waals surface area contributed by atoms with Gasteiger partial charge >= 0.3 is 0 Å². The first kappa shape index (κ1) is 19.4. The van der Waals surface area contributed by atoms with Crippen molar-refractivity contribution in [1.82, 2.24) is 10.2 Å². The number of para-hydroxylation sites is 1. The molecule has 2 aromatic rings. The Labute approximate surface area is 162 Å². The summed E-state index contributed by atoms with van der Waals surface area (Å²) in [7, 11) is 0. The Kier molecular flexibility index (Phi) is 6.88. The number of rotatable bonds is 7. The molecule has 2 atom stereocenters. The highest BCUT2D eigenvalue weighted by Crippen LogP contribution is 2.18. The van der Waals surface area contributed by atoms with Crippen LogP contribution in [0.15, 0.2) is 54.6 Å². The van der Waals surface area contributed by atoms with E-state index < -0.39 is 0 Å². The lowest BCUT2D eigenvalue weighted by molar-refractivity contribution is 0.0915. The summed E-state index contributed by atoms with van der Waals surface area (Å²) in [5, 5.41) is 3.11. The summed E-state index contributed by atoms with van der Waals surface area (Å²) < 4.78 is 5.83. The van der Waals surface area contributed by atoms with E-state index >= 15 is 0 Å². The molecule has 1 aliphatic heterocycles. The lowest BCUT2D eigenvalue weighted by Crippen LogP contribution is -2.46. The fourth-order valence-electron chi connectivity index (χ4n) is 3.64. The van der Waals surface area contributed by atoms with Gasteiger partial charge in [-0.25, -0.2) is 0 Å². The van der Waals surface area contributed by atoms with Crippen LogP contribution in [0.1, 0.15) is 42.6 Å². The second kappa shape index (κ2) is 9.56. The highest BCUT2D eigenvalue weighted by atomic mass is 16.5. The third-order valence-corrected chi connectivity index (χ3v) is 5.27. The van der Waals surface area contributed by atoms with Crippen molar-refractivity contribution in [3.05, 3.63) is 65.7 Å². The number of hydrogen-bond donors (Lipinski definition) is 1. The molecule has 0 saturated carbocycles. The van der Waals surface area contributed by atoms with E-state index in [0.717, 1.165) is 30.3 Å². The lowest BCUT2D eigenvalue weighted by Gasteiger charge is -2.35. The number of nitrogens with zero attached hydrogens (tertiary/aromatic N) is 1. The van der Waals surface area contributed by atoms with Gasteiger partial charge in [-0.3, -0.25) is 9.69 Å². The minimum absolute atomic E-state index is 0.0285. The molecule has 4 nitrogen and oxygen atoms in total. The number of amides is 1. The van der Waals surface area contributed by atoms with E-state index in [-0.39, 0.29) is 5.91 Å². The van der Waals surface area contributed by atoms with Crippen molar-refractivity contribution in [3.8, 4) is 5.75 Å². The zero-order valence-corrected chi connectivity index (χ0v) is 16.4. The first-order chi connectivity index (χ1) is 13.1. The first-order valence-corrected chi connectivity index (χ1v) is 9.91. The van der Waals surface area contributed by atoms with E-state index in [0.29, 0.717) is 24.8 Å². The van der Waals surface area contributed by atoms with Crippen LogP contribution < -0.4 is 10.1 Å². The maximum atomic E-state index is 12.7. The van der Waals surface area contributed by atoms with Crippen LogP contribution in [0.3, 0.4) is 0 Å². The predicted octanol–water partition coefficient (Wildman–Crippen LogP) is 4.12. The van der Waals surface area contributed by atoms with Gasteiger partial charge in [0.25, 0.3) is 5.91 Å². The molecular formula is C23H30N2O2. The molecule has 0 spiro atoms. The zero-order chi connectivity index (χ0) is 19.1. The molecule has 27 heavy (non-hydrogen) atoms. The summed E-state index contributed by atoms with van der Waals surface area (Å²) in [4.78, 5) is 15.2. The van der Waals surface area contributed by atoms with Crippen molar-refractivity contribution in [1.29, 1.82) is 0 Å². The Hall–Kier alpha value is -2.33. The molecule has 1 saturated heterocycles. The van der Waals surface area contributed by atoms with Crippen molar-refractivity contribution in [3.63, 3.8) is 0 Å². The Balaban J connectivity index is 1.56. The second-order valence-corrected chi connectivity index (χ2v) is 7.56. The van der Waals surface area contributed by atoms with Gasteiger partial charge < -0.3 is 10.1 Å². The maximum absolute atomic E-state index is 12.7. The number of hydrogen-bond acceptors (Lipinski definition) is 3. The summed E-state index contributed by atoms with van der Waals surface area (Å²) in [5.41, 5.74) is 1.59. The molecule has 4 heteroatoms. The normalized spacial score (nSPS) is 18.7. The second-order valence-electron chi connectivity index (χ2n) is 7.56. The number of nitrogens with one attached hydrogen (secondary N) is 1. The van der Waals surface area contributed by atoms with Gasteiger partial charge in [-0.2, -0.15) is 0 Å². The van der Waals surface area contributed by atoms with Crippen LogP contribution in [-0.2, 0) is 6.61 Å². The summed E-state index contributed by atoms with van der Waals surface area (Å²) in [5.74, 6) is 1.52. The van der Waals surface area contributed by atoms with Gasteiger partial charge in [-0.15, -0.1) is 0 Å². The topological polar surface area (TPSA) is 41.6 Å². The summed E-state index contributed by atoms with van der Waals surface area (Å²) in [6.45, 7) is 7.80. The van der Waals surface area contributed by atoms with Crippen LogP contribution in [0.2, 0.25) is 0 Å². The highest BCUT2D eigenvalue weighted by molar-refractivity contribution is 5.95. The Bertz CT molecular complexity index is 732. The minimum Gasteiger partial charge on any atom is -0.489 e. The van der Waals surface area contributed by atoms with Crippen molar-refractivity contribution in [2.75, 3.05) is 19.6 Å². The standard InChI is InChI=1S/C23H30N2O2/c1-18-9-8-14-25(16-18)19(2)15-24-23(26)22-13-7-6-10-20(22)17-27-21-11-4-3-5-12-21/h3-7,10-13,18-19H,8-9,14-17H2,1-2H3,(H,24,26). The molecule has 1 N–H and O–H groups in total.